The highest BCUT2D eigenvalue weighted by Gasteiger charge is 2.37. The normalized spacial score (nSPS) is 22.8. The van der Waals surface area contributed by atoms with E-state index in [4.69, 9.17) is 4.74 Å². The Morgan fingerprint density at radius 2 is 1.85 bits per heavy atom. The van der Waals surface area contributed by atoms with Gasteiger partial charge in [0, 0.05) is 24.9 Å². The number of methoxy groups -OCH3 is 1. The van der Waals surface area contributed by atoms with Gasteiger partial charge in [0.2, 0.25) is 5.91 Å². The first kappa shape index (κ1) is 18.0. The second-order valence-corrected chi connectivity index (χ2v) is 7.65. The van der Waals surface area contributed by atoms with E-state index in [-0.39, 0.29) is 11.8 Å². The second kappa shape index (κ2) is 8.11. The van der Waals surface area contributed by atoms with Crippen molar-refractivity contribution in [2.45, 2.75) is 51.0 Å². The number of nitrogens with zero attached hydrogens (tertiary/aromatic N) is 4. The largest absolute Gasteiger partial charge is 0.497 e. The van der Waals surface area contributed by atoms with Gasteiger partial charge in [0.05, 0.1) is 13.7 Å². The van der Waals surface area contributed by atoms with Crippen LogP contribution in [0.25, 0.3) is 0 Å². The van der Waals surface area contributed by atoms with Crippen molar-refractivity contribution < 1.29 is 9.53 Å². The molecular formula is C21H28N4O2. The number of hydrogen-bond acceptors (Lipinski definition) is 4. The Balaban J connectivity index is 1.54. The Bertz CT molecular complexity index is 765. The van der Waals surface area contributed by atoms with E-state index in [1.807, 2.05) is 16.8 Å². The van der Waals surface area contributed by atoms with E-state index >= 15 is 0 Å². The predicted octanol–water partition coefficient (Wildman–Crippen LogP) is 3.23. The molecule has 0 unspecified atom stereocenters. The fraction of sp³-hybridized carbons (Fsp3) is 0.571. The Morgan fingerprint density at radius 1 is 1.11 bits per heavy atom. The van der Waals surface area contributed by atoms with Crippen molar-refractivity contribution in [3.63, 3.8) is 0 Å². The maximum absolute atomic E-state index is 13.1. The van der Waals surface area contributed by atoms with E-state index in [1.165, 1.54) is 0 Å². The third-order valence-electron chi connectivity index (χ3n) is 5.97. The van der Waals surface area contributed by atoms with Crippen LogP contribution in [0.1, 0.15) is 55.8 Å². The number of benzene rings is 1. The summed E-state index contributed by atoms with van der Waals surface area (Å²) >= 11 is 0. The van der Waals surface area contributed by atoms with Crippen LogP contribution in [0.4, 0.5) is 0 Å². The minimum absolute atomic E-state index is 0.0515. The van der Waals surface area contributed by atoms with Gasteiger partial charge in [-0.05, 0) is 43.4 Å². The summed E-state index contributed by atoms with van der Waals surface area (Å²) in [5.41, 5.74) is 1.15. The molecule has 2 aliphatic rings. The average molecular weight is 368 g/mol. The summed E-state index contributed by atoms with van der Waals surface area (Å²) < 4.78 is 7.21. The first-order chi connectivity index (χ1) is 13.3. The van der Waals surface area contributed by atoms with Gasteiger partial charge < -0.3 is 9.64 Å². The Labute approximate surface area is 160 Å². The van der Waals surface area contributed by atoms with Crippen molar-refractivity contribution in [2.75, 3.05) is 20.2 Å². The molecule has 0 radical (unpaired) electrons. The monoisotopic (exact) mass is 368 g/mol. The molecule has 2 aromatic rings. The SMILES string of the molecule is COc1ccc(Cn2ncnc2[C@H]2CCCC[C@H]2C(=O)N2CCCC2)cc1. The molecule has 2 fully saturated rings. The lowest BCUT2D eigenvalue weighted by molar-refractivity contribution is -0.136. The van der Waals surface area contributed by atoms with E-state index < -0.39 is 0 Å². The van der Waals surface area contributed by atoms with Gasteiger partial charge in [0.1, 0.15) is 17.9 Å². The minimum Gasteiger partial charge on any atom is -0.497 e. The maximum Gasteiger partial charge on any atom is 0.226 e. The van der Waals surface area contributed by atoms with E-state index in [1.54, 1.807) is 13.4 Å². The number of ether oxygens (including phenoxy) is 1. The van der Waals surface area contributed by atoms with E-state index in [9.17, 15) is 4.79 Å². The number of amides is 1. The summed E-state index contributed by atoms with van der Waals surface area (Å²) in [6.45, 7) is 2.50. The summed E-state index contributed by atoms with van der Waals surface area (Å²) in [4.78, 5) is 19.7. The topological polar surface area (TPSA) is 60.2 Å². The molecule has 1 saturated heterocycles. The molecule has 2 atom stereocenters. The van der Waals surface area contributed by atoms with Gasteiger partial charge in [-0.25, -0.2) is 9.67 Å². The molecule has 0 N–H and O–H groups in total. The van der Waals surface area contributed by atoms with Gasteiger partial charge >= 0.3 is 0 Å². The Hall–Kier alpha value is -2.37. The summed E-state index contributed by atoms with van der Waals surface area (Å²) in [7, 11) is 1.67. The number of likely N-dealkylation sites (tertiary alicyclic amines) is 1. The zero-order valence-corrected chi connectivity index (χ0v) is 16.0. The minimum atomic E-state index is 0.0515. The number of carbonyl (C=O) groups excluding carboxylic acids is 1. The summed E-state index contributed by atoms with van der Waals surface area (Å²) in [5, 5.41) is 4.47. The molecule has 4 rings (SSSR count). The molecule has 144 valence electrons. The smallest absolute Gasteiger partial charge is 0.226 e. The predicted molar refractivity (Wildman–Crippen MR) is 103 cm³/mol. The van der Waals surface area contributed by atoms with Gasteiger partial charge in [-0.15, -0.1) is 0 Å². The van der Waals surface area contributed by atoms with Crippen molar-refractivity contribution in [2.24, 2.45) is 5.92 Å². The number of rotatable bonds is 5. The highest BCUT2D eigenvalue weighted by molar-refractivity contribution is 5.80. The molecular weight excluding hydrogens is 340 g/mol. The van der Waals surface area contributed by atoms with Crippen LogP contribution in [-0.4, -0.2) is 45.8 Å². The first-order valence-corrected chi connectivity index (χ1v) is 10.1. The number of aromatic nitrogens is 3. The van der Waals surface area contributed by atoms with Crippen LogP contribution >= 0.6 is 0 Å². The fourth-order valence-electron chi connectivity index (χ4n) is 4.49. The van der Waals surface area contributed by atoms with Crippen LogP contribution < -0.4 is 4.74 Å². The zero-order valence-electron chi connectivity index (χ0n) is 16.0. The molecule has 0 spiro atoms. The third-order valence-corrected chi connectivity index (χ3v) is 5.97. The van der Waals surface area contributed by atoms with Crippen molar-refractivity contribution >= 4 is 5.91 Å². The molecule has 1 amide bonds. The average Bonchev–Trinajstić information content (AvgIpc) is 3.40. The van der Waals surface area contributed by atoms with Gasteiger partial charge in [-0.2, -0.15) is 5.10 Å². The van der Waals surface area contributed by atoms with E-state index in [0.29, 0.717) is 12.5 Å². The number of hydrogen-bond donors (Lipinski definition) is 0. The molecule has 1 aromatic carbocycles. The molecule has 6 nitrogen and oxygen atoms in total. The van der Waals surface area contributed by atoms with Crippen LogP contribution in [0.5, 0.6) is 5.75 Å². The Kier molecular flexibility index (Phi) is 5.41. The van der Waals surface area contributed by atoms with Crippen LogP contribution in [0.3, 0.4) is 0 Å². The van der Waals surface area contributed by atoms with E-state index in [2.05, 4.69) is 27.1 Å². The number of carbonyl (C=O) groups is 1. The third kappa shape index (κ3) is 3.84. The Morgan fingerprint density at radius 3 is 2.59 bits per heavy atom. The fourth-order valence-corrected chi connectivity index (χ4v) is 4.49. The summed E-state index contributed by atoms with van der Waals surface area (Å²) in [6.07, 6.45) is 8.18. The summed E-state index contributed by atoms with van der Waals surface area (Å²) in [6, 6.07) is 8.04. The lowest BCUT2D eigenvalue weighted by Gasteiger charge is -2.32. The van der Waals surface area contributed by atoms with Crippen LogP contribution in [-0.2, 0) is 11.3 Å². The molecule has 1 aliphatic heterocycles. The van der Waals surface area contributed by atoms with Crippen molar-refractivity contribution in [1.29, 1.82) is 0 Å². The molecule has 0 bridgehead atoms. The van der Waals surface area contributed by atoms with Crippen molar-refractivity contribution in [3.05, 3.63) is 42.0 Å². The second-order valence-electron chi connectivity index (χ2n) is 7.65. The molecule has 1 aromatic heterocycles. The van der Waals surface area contributed by atoms with E-state index in [0.717, 1.165) is 68.8 Å². The maximum atomic E-state index is 13.1. The molecule has 1 saturated carbocycles. The highest BCUT2D eigenvalue weighted by Crippen LogP contribution is 2.38. The van der Waals surface area contributed by atoms with Gasteiger partial charge in [0.25, 0.3) is 0 Å². The zero-order chi connectivity index (χ0) is 18.6. The molecule has 6 heteroatoms. The highest BCUT2D eigenvalue weighted by atomic mass is 16.5. The lowest BCUT2D eigenvalue weighted by Crippen LogP contribution is -2.38. The molecule has 27 heavy (non-hydrogen) atoms. The van der Waals surface area contributed by atoms with Gasteiger partial charge in [0.15, 0.2) is 0 Å². The van der Waals surface area contributed by atoms with Crippen LogP contribution in [0, 0.1) is 5.92 Å². The van der Waals surface area contributed by atoms with Crippen molar-refractivity contribution in [3.8, 4) is 5.75 Å². The molecule has 2 heterocycles. The van der Waals surface area contributed by atoms with Crippen LogP contribution in [0.2, 0.25) is 0 Å². The van der Waals surface area contributed by atoms with Crippen LogP contribution in [0.15, 0.2) is 30.6 Å². The van der Waals surface area contributed by atoms with Gasteiger partial charge in [-0.1, -0.05) is 25.0 Å². The molecule has 1 aliphatic carbocycles. The van der Waals surface area contributed by atoms with Crippen molar-refractivity contribution in [1.82, 2.24) is 19.7 Å². The quantitative estimate of drug-likeness (QED) is 0.813. The standard InChI is InChI=1S/C21H28N4O2/c1-27-17-10-8-16(9-11-17)14-25-20(22-15-23-25)18-6-2-3-7-19(18)21(26)24-12-4-5-13-24/h8-11,15,18-19H,2-7,12-14H2,1H3/t18-,19+/m0/s1. The summed E-state index contributed by atoms with van der Waals surface area (Å²) in [5.74, 6) is 2.36. The van der Waals surface area contributed by atoms with Gasteiger partial charge in [-0.3, -0.25) is 4.79 Å². The first-order valence-electron chi connectivity index (χ1n) is 10.1. The lowest BCUT2D eigenvalue weighted by atomic mass is 9.78.